The molecule has 3 aliphatic carbocycles. The molecule has 0 saturated heterocycles. The minimum atomic E-state index is -3.48. The molecule has 4 atom stereocenters. The number of hydrogen-bond acceptors (Lipinski definition) is 10. The zero-order valence-corrected chi connectivity index (χ0v) is 21.8. The Balaban J connectivity index is 1.80. The van der Waals surface area contributed by atoms with Crippen LogP contribution in [-0.4, -0.2) is 64.8 Å². The highest BCUT2D eigenvalue weighted by Crippen LogP contribution is 2.57. The summed E-state index contributed by atoms with van der Waals surface area (Å²) in [5, 5.41) is 80.9. The van der Waals surface area contributed by atoms with E-state index in [0.29, 0.717) is 5.56 Å². The number of aliphatic hydroxyl groups is 7. The quantitative estimate of drug-likeness (QED) is 0.222. The molecule has 0 bridgehead atoms. The summed E-state index contributed by atoms with van der Waals surface area (Å²) in [6, 6.07) is 14.1. The Morgan fingerprint density at radius 3 is 2.12 bits per heavy atom. The van der Waals surface area contributed by atoms with Gasteiger partial charge in [-0.2, -0.15) is 0 Å². The van der Waals surface area contributed by atoms with E-state index in [1.54, 1.807) is 37.3 Å². The summed E-state index contributed by atoms with van der Waals surface area (Å²) in [6.07, 6.45) is -0.399. The second-order valence-corrected chi connectivity index (χ2v) is 10.1. The lowest BCUT2D eigenvalue weighted by molar-refractivity contribution is -0.249. The molecule has 2 aromatic rings. The number of aryl methyl sites for hydroxylation is 1. The van der Waals surface area contributed by atoms with Gasteiger partial charge in [-0.1, -0.05) is 36.4 Å². The molecule has 0 heterocycles. The standard InChI is InChI=1S/C30H28O10/c1-15-9-7-8-12-19(15)26(34)40-30(38)25(33)22-23(39-18-10-5-4-6-11-18)20(31)14-17(3)28(22,36)21-13-16(2)24(32)29(21,37)27(30)35/h4-14,27,31-33,35-38H,1-3H3/t27-,28+,29-,30+/m0/s1. The summed E-state index contributed by atoms with van der Waals surface area (Å²) in [7, 11) is 0. The van der Waals surface area contributed by atoms with Gasteiger partial charge in [-0.3, -0.25) is 0 Å². The van der Waals surface area contributed by atoms with Gasteiger partial charge in [0.15, 0.2) is 29.0 Å². The molecule has 208 valence electrons. The number of carbonyl (C=O) groups is 1. The first-order valence-corrected chi connectivity index (χ1v) is 12.3. The molecule has 0 unspecified atom stereocenters. The molecule has 5 rings (SSSR count). The summed E-state index contributed by atoms with van der Waals surface area (Å²) in [5.74, 6) is -7.89. The molecule has 0 radical (unpaired) electrons. The number of carbonyl (C=O) groups excluding carboxylic acids is 1. The topological polar surface area (TPSA) is 177 Å². The number of para-hydroxylation sites is 1. The second-order valence-electron chi connectivity index (χ2n) is 10.1. The summed E-state index contributed by atoms with van der Waals surface area (Å²) in [6.45, 7) is 4.32. The number of aliphatic hydroxyl groups excluding tert-OH is 4. The van der Waals surface area contributed by atoms with Crippen LogP contribution in [0.1, 0.15) is 29.8 Å². The Kier molecular flexibility index (Phi) is 6.20. The van der Waals surface area contributed by atoms with Gasteiger partial charge in [-0.25, -0.2) is 4.79 Å². The Morgan fingerprint density at radius 1 is 0.850 bits per heavy atom. The molecule has 40 heavy (non-hydrogen) atoms. The number of benzene rings is 2. The van der Waals surface area contributed by atoms with Crippen LogP contribution in [0, 0.1) is 6.92 Å². The van der Waals surface area contributed by atoms with Gasteiger partial charge in [0.05, 0.1) is 11.1 Å². The SMILES string of the molecule is CC1=CC(O)=C(Oc2ccccc2)C2=C(O)[C@@](O)(OC(=O)c3ccccc3C)[C@@H](O)[C@]3(O)C(=CC(C)=C3O)[C@]12O. The summed E-state index contributed by atoms with van der Waals surface area (Å²) >= 11 is 0. The van der Waals surface area contributed by atoms with Gasteiger partial charge in [0.1, 0.15) is 17.1 Å². The van der Waals surface area contributed by atoms with Crippen molar-refractivity contribution < 1.29 is 50.0 Å². The predicted octanol–water partition coefficient (Wildman–Crippen LogP) is 3.07. The molecule has 0 aliphatic heterocycles. The van der Waals surface area contributed by atoms with E-state index in [1.807, 2.05) is 0 Å². The predicted molar refractivity (Wildman–Crippen MR) is 141 cm³/mol. The molecule has 10 heteroatoms. The Labute approximate surface area is 229 Å². The van der Waals surface area contributed by atoms with Crippen LogP contribution < -0.4 is 4.74 Å². The number of fused-ring (bicyclic) bond motifs is 3. The molecule has 0 spiro atoms. The Morgan fingerprint density at radius 2 is 1.48 bits per heavy atom. The number of hydrogen-bond donors (Lipinski definition) is 7. The zero-order chi connectivity index (χ0) is 29.2. The van der Waals surface area contributed by atoms with E-state index < -0.39 is 63.2 Å². The highest BCUT2D eigenvalue weighted by Gasteiger charge is 2.69. The van der Waals surface area contributed by atoms with Crippen molar-refractivity contribution in [3.63, 3.8) is 0 Å². The molecular weight excluding hydrogens is 520 g/mol. The summed E-state index contributed by atoms with van der Waals surface area (Å²) < 4.78 is 11.2. The van der Waals surface area contributed by atoms with Crippen molar-refractivity contribution in [1.82, 2.24) is 0 Å². The van der Waals surface area contributed by atoms with Crippen LogP contribution in [0.25, 0.3) is 0 Å². The van der Waals surface area contributed by atoms with Crippen LogP contribution in [0.5, 0.6) is 5.75 Å². The summed E-state index contributed by atoms with van der Waals surface area (Å²) in [5.41, 5.74) is -6.43. The van der Waals surface area contributed by atoms with E-state index in [2.05, 4.69) is 0 Å². The fourth-order valence-corrected chi connectivity index (χ4v) is 5.37. The van der Waals surface area contributed by atoms with Crippen LogP contribution in [0.15, 0.2) is 112 Å². The third-order valence-corrected chi connectivity index (χ3v) is 7.56. The van der Waals surface area contributed by atoms with E-state index in [1.165, 1.54) is 44.2 Å². The fourth-order valence-electron chi connectivity index (χ4n) is 5.37. The lowest BCUT2D eigenvalue weighted by atomic mass is 9.71. The first-order chi connectivity index (χ1) is 18.8. The van der Waals surface area contributed by atoms with Crippen molar-refractivity contribution in [2.45, 2.75) is 43.9 Å². The average Bonchev–Trinajstić information content (AvgIpc) is 3.15. The number of allylic oxidation sites excluding steroid dienone is 3. The molecule has 7 N–H and O–H groups in total. The van der Waals surface area contributed by atoms with Crippen molar-refractivity contribution in [3.8, 4) is 5.75 Å². The average molecular weight is 549 g/mol. The van der Waals surface area contributed by atoms with Gasteiger partial charge < -0.3 is 45.2 Å². The molecule has 0 aromatic heterocycles. The van der Waals surface area contributed by atoms with Gasteiger partial charge in [0.2, 0.25) is 0 Å². The molecule has 2 aromatic carbocycles. The van der Waals surface area contributed by atoms with E-state index in [9.17, 15) is 40.5 Å². The van der Waals surface area contributed by atoms with Crippen LogP contribution in [0.3, 0.4) is 0 Å². The molecule has 0 saturated carbocycles. The molecule has 10 nitrogen and oxygen atoms in total. The number of rotatable bonds is 4. The summed E-state index contributed by atoms with van der Waals surface area (Å²) in [4.78, 5) is 13.3. The molecule has 3 aliphatic rings. The third kappa shape index (κ3) is 3.61. The first-order valence-electron chi connectivity index (χ1n) is 12.3. The second kappa shape index (κ2) is 9.10. The lowest BCUT2D eigenvalue weighted by Gasteiger charge is -2.41. The van der Waals surface area contributed by atoms with E-state index >= 15 is 0 Å². The third-order valence-electron chi connectivity index (χ3n) is 7.56. The van der Waals surface area contributed by atoms with Crippen LogP contribution in [0.4, 0.5) is 0 Å². The minimum Gasteiger partial charge on any atom is -0.508 e. The maximum Gasteiger partial charge on any atom is 0.341 e. The van der Waals surface area contributed by atoms with Crippen LogP contribution in [0.2, 0.25) is 0 Å². The van der Waals surface area contributed by atoms with Crippen molar-refractivity contribution in [2.75, 3.05) is 0 Å². The van der Waals surface area contributed by atoms with Crippen molar-refractivity contribution in [3.05, 3.63) is 123 Å². The van der Waals surface area contributed by atoms with Crippen molar-refractivity contribution >= 4 is 5.97 Å². The highest BCUT2D eigenvalue weighted by atomic mass is 16.7. The monoisotopic (exact) mass is 548 g/mol. The largest absolute Gasteiger partial charge is 0.508 e. The van der Waals surface area contributed by atoms with Crippen LogP contribution >= 0.6 is 0 Å². The van der Waals surface area contributed by atoms with Crippen molar-refractivity contribution in [2.24, 2.45) is 0 Å². The normalized spacial score (nSPS) is 29.8. The smallest absolute Gasteiger partial charge is 0.341 e. The molecule has 0 fully saturated rings. The minimum absolute atomic E-state index is 0.00963. The van der Waals surface area contributed by atoms with Crippen LogP contribution in [-0.2, 0) is 4.74 Å². The lowest BCUT2D eigenvalue weighted by Crippen LogP contribution is -2.61. The maximum absolute atomic E-state index is 13.3. The van der Waals surface area contributed by atoms with Crippen molar-refractivity contribution in [1.29, 1.82) is 0 Å². The van der Waals surface area contributed by atoms with Gasteiger partial charge in [0.25, 0.3) is 5.79 Å². The number of esters is 1. The van der Waals surface area contributed by atoms with Gasteiger partial charge >= 0.3 is 5.97 Å². The van der Waals surface area contributed by atoms with E-state index in [0.717, 1.165) is 6.08 Å². The first kappa shape index (κ1) is 27.2. The Bertz CT molecular complexity index is 1580. The van der Waals surface area contributed by atoms with E-state index in [-0.39, 0.29) is 22.5 Å². The maximum atomic E-state index is 13.3. The molecular formula is C30H28O10. The Hall–Kier alpha value is -4.35. The van der Waals surface area contributed by atoms with Gasteiger partial charge in [0, 0.05) is 5.57 Å². The highest BCUT2D eigenvalue weighted by molar-refractivity contribution is 5.91. The zero-order valence-electron chi connectivity index (χ0n) is 21.8. The fraction of sp³-hybridized carbons (Fsp3) is 0.233. The van der Waals surface area contributed by atoms with Gasteiger partial charge in [-0.05, 0) is 67.8 Å². The molecule has 0 amide bonds. The van der Waals surface area contributed by atoms with E-state index in [4.69, 9.17) is 9.47 Å². The van der Waals surface area contributed by atoms with Gasteiger partial charge in [-0.15, -0.1) is 0 Å². The number of ether oxygens (including phenoxy) is 2.